The van der Waals surface area contributed by atoms with Crippen molar-refractivity contribution < 1.29 is 8.81 Å². The molecule has 7 nitrogen and oxygen atoms in total. The molecular weight excluding hydrogens is 534 g/mol. The highest BCUT2D eigenvalue weighted by atomic mass is 127. The molecule has 1 aromatic heterocycles. The summed E-state index contributed by atoms with van der Waals surface area (Å²) in [6.07, 6.45) is 1.77. The minimum atomic E-state index is -0.185. The lowest BCUT2D eigenvalue weighted by atomic mass is 9.94. The average molecular weight is 573 g/mol. The Morgan fingerprint density at radius 1 is 1.15 bits per heavy atom. The van der Waals surface area contributed by atoms with Crippen LogP contribution in [-0.4, -0.2) is 55.1 Å². The van der Waals surface area contributed by atoms with Crippen LogP contribution in [0.25, 0.3) is 0 Å². The molecule has 1 saturated heterocycles. The number of likely N-dealkylation sites (N-methyl/N-ethyl adjacent to an activating group) is 1. The number of hydrogen-bond acceptors (Lipinski definition) is 5. The van der Waals surface area contributed by atoms with Gasteiger partial charge in [0.05, 0.1) is 25.0 Å². The molecule has 2 heterocycles. The summed E-state index contributed by atoms with van der Waals surface area (Å²) in [6, 6.07) is 5.43. The van der Waals surface area contributed by atoms with Crippen molar-refractivity contribution in [3.8, 4) is 0 Å². The quantitative estimate of drug-likeness (QED) is 0.296. The average Bonchev–Trinajstić information content (AvgIpc) is 3.26. The van der Waals surface area contributed by atoms with Gasteiger partial charge in [-0.3, -0.25) is 0 Å². The summed E-state index contributed by atoms with van der Waals surface area (Å²) in [5, 5.41) is 6.45. The standard InChI is InChI=1S/C24H37FN6O.HI/c1-6-26-23(29-17-22-27-16-21(32-22)24(3,4)5)28-15-18-8-9-20(19(25)14-18)31-12-10-30(7-2)11-13-31;/h8-9,14,16H,6-7,10-13,15,17H2,1-5H3,(H2,26,28,29);1H. The van der Waals surface area contributed by atoms with Gasteiger partial charge in [0, 0.05) is 38.1 Å². The van der Waals surface area contributed by atoms with Crippen LogP contribution in [0.15, 0.2) is 33.8 Å². The van der Waals surface area contributed by atoms with Crippen LogP contribution in [0.5, 0.6) is 0 Å². The van der Waals surface area contributed by atoms with Crippen LogP contribution in [-0.2, 0) is 18.5 Å². The fourth-order valence-corrected chi connectivity index (χ4v) is 3.62. The first-order chi connectivity index (χ1) is 15.3. The number of hydrogen-bond donors (Lipinski definition) is 2. The van der Waals surface area contributed by atoms with Crippen LogP contribution in [0.4, 0.5) is 10.1 Å². The molecule has 0 bridgehead atoms. The van der Waals surface area contributed by atoms with E-state index in [1.54, 1.807) is 12.3 Å². The highest BCUT2D eigenvalue weighted by Crippen LogP contribution is 2.23. The maximum Gasteiger partial charge on any atom is 0.213 e. The van der Waals surface area contributed by atoms with Gasteiger partial charge in [-0.05, 0) is 31.2 Å². The van der Waals surface area contributed by atoms with Crippen molar-refractivity contribution in [3.63, 3.8) is 0 Å². The number of aliphatic imine (C=N–C) groups is 1. The molecule has 1 aliphatic rings. The van der Waals surface area contributed by atoms with E-state index in [-0.39, 0.29) is 35.2 Å². The normalized spacial score (nSPS) is 15.3. The molecule has 0 spiro atoms. The van der Waals surface area contributed by atoms with E-state index in [1.165, 1.54) is 0 Å². The molecule has 184 valence electrons. The van der Waals surface area contributed by atoms with Gasteiger partial charge in [-0.1, -0.05) is 33.8 Å². The van der Waals surface area contributed by atoms with E-state index in [2.05, 4.69) is 58.1 Å². The fourth-order valence-electron chi connectivity index (χ4n) is 3.62. The van der Waals surface area contributed by atoms with E-state index in [1.807, 2.05) is 19.1 Å². The van der Waals surface area contributed by atoms with Crippen LogP contribution in [0.1, 0.15) is 51.8 Å². The number of oxazole rings is 1. The topological polar surface area (TPSA) is 68.9 Å². The Morgan fingerprint density at radius 3 is 2.45 bits per heavy atom. The second kappa shape index (κ2) is 12.5. The van der Waals surface area contributed by atoms with E-state index in [0.29, 0.717) is 30.6 Å². The van der Waals surface area contributed by atoms with Gasteiger partial charge in [0.15, 0.2) is 5.96 Å². The Hall–Kier alpha value is -1.88. The first kappa shape index (κ1) is 27.4. The SMILES string of the molecule is CCNC(=NCc1ccc(N2CCN(CC)CC2)c(F)c1)NCc1ncc(C(C)(C)C)o1.I. The first-order valence-corrected chi connectivity index (χ1v) is 11.5. The monoisotopic (exact) mass is 572 g/mol. The number of piperazine rings is 1. The summed E-state index contributed by atoms with van der Waals surface area (Å²) in [6.45, 7) is 16.7. The predicted octanol–water partition coefficient (Wildman–Crippen LogP) is 4.13. The lowest BCUT2D eigenvalue weighted by Crippen LogP contribution is -2.46. The number of rotatable bonds is 7. The summed E-state index contributed by atoms with van der Waals surface area (Å²) >= 11 is 0. The lowest BCUT2D eigenvalue weighted by Gasteiger charge is -2.35. The van der Waals surface area contributed by atoms with Gasteiger partial charge in [0.2, 0.25) is 5.89 Å². The Morgan fingerprint density at radius 2 is 1.88 bits per heavy atom. The molecule has 0 atom stereocenters. The number of guanidine groups is 1. The maximum atomic E-state index is 14.8. The van der Waals surface area contributed by atoms with Crippen molar-refractivity contribution in [3.05, 3.63) is 47.4 Å². The van der Waals surface area contributed by atoms with E-state index in [9.17, 15) is 4.39 Å². The van der Waals surface area contributed by atoms with E-state index < -0.39 is 0 Å². The summed E-state index contributed by atoms with van der Waals surface area (Å²) in [5.41, 5.74) is 1.43. The molecule has 0 radical (unpaired) electrons. The zero-order valence-corrected chi connectivity index (χ0v) is 22.8. The number of nitrogens with one attached hydrogen (secondary N) is 2. The van der Waals surface area contributed by atoms with Crippen LogP contribution in [0.3, 0.4) is 0 Å². The summed E-state index contributed by atoms with van der Waals surface area (Å²) < 4.78 is 20.6. The number of nitrogens with zero attached hydrogens (tertiary/aromatic N) is 4. The Balaban J connectivity index is 0.00000385. The summed E-state index contributed by atoms with van der Waals surface area (Å²) in [7, 11) is 0. The zero-order valence-electron chi connectivity index (χ0n) is 20.4. The highest BCUT2D eigenvalue weighted by molar-refractivity contribution is 14.0. The van der Waals surface area contributed by atoms with Crippen molar-refractivity contribution in [1.29, 1.82) is 0 Å². The van der Waals surface area contributed by atoms with Crippen molar-refractivity contribution in [2.75, 3.05) is 44.2 Å². The Labute approximate surface area is 214 Å². The van der Waals surface area contributed by atoms with Crippen molar-refractivity contribution in [2.45, 2.75) is 53.1 Å². The molecule has 0 saturated carbocycles. The van der Waals surface area contributed by atoms with Gasteiger partial charge in [0.25, 0.3) is 0 Å². The van der Waals surface area contributed by atoms with E-state index in [0.717, 1.165) is 50.6 Å². The van der Waals surface area contributed by atoms with Gasteiger partial charge in [0.1, 0.15) is 11.6 Å². The number of halogens is 2. The van der Waals surface area contributed by atoms with E-state index in [4.69, 9.17) is 4.42 Å². The number of aromatic nitrogens is 1. The second-order valence-corrected chi connectivity index (χ2v) is 9.12. The molecule has 1 fully saturated rings. The third-order valence-corrected chi connectivity index (χ3v) is 5.64. The van der Waals surface area contributed by atoms with Crippen molar-refractivity contribution in [1.82, 2.24) is 20.5 Å². The minimum Gasteiger partial charge on any atom is -0.443 e. The van der Waals surface area contributed by atoms with Gasteiger partial charge >= 0.3 is 0 Å². The van der Waals surface area contributed by atoms with Gasteiger partial charge in [-0.25, -0.2) is 14.4 Å². The van der Waals surface area contributed by atoms with Crippen LogP contribution in [0, 0.1) is 5.82 Å². The minimum absolute atomic E-state index is 0. The molecule has 9 heteroatoms. The summed E-state index contributed by atoms with van der Waals surface area (Å²) in [4.78, 5) is 13.4. The lowest BCUT2D eigenvalue weighted by molar-refractivity contribution is 0.270. The van der Waals surface area contributed by atoms with Crippen LogP contribution < -0.4 is 15.5 Å². The maximum absolute atomic E-state index is 14.8. The molecule has 1 aliphatic heterocycles. The largest absolute Gasteiger partial charge is 0.443 e. The third-order valence-electron chi connectivity index (χ3n) is 5.64. The molecule has 2 N–H and O–H groups in total. The number of anilines is 1. The van der Waals surface area contributed by atoms with Crippen molar-refractivity contribution >= 4 is 35.6 Å². The second-order valence-electron chi connectivity index (χ2n) is 9.12. The van der Waals surface area contributed by atoms with Crippen LogP contribution in [0.2, 0.25) is 0 Å². The van der Waals surface area contributed by atoms with Gasteiger partial charge < -0.3 is 24.9 Å². The van der Waals surface area contributed by atoms with Gasteiger partial charge in [-0.15, -0.1) is 24.0 Å². The predicted molar refractivity (Wildman–Crippen MR) is 143 cm³/mol. The highest BCUT2D eigenvalue weighted by Gasteiger charge is 2.20. The Kier molecular flexibility index (Phi) is 10.4. The molecule has 2 aromatic rings. The van der Waals surface area contributed by atoms with Crippen LogP contribution >= 0.6 is 24.0 Å². The van der Waals surface area contributed by atoms with Gasteiger partial charge in [-0.2, -0.15) is 0 Å². The molecule has 33 heavy (non-hydrogen) atoms. The molecule has 0 unspecified atom stereocenters. The Bertz CT molecular complexity index is 903. The molecule has 0 aliphatic carbocycles. The zero-order chi connectivity index (χ0) is 23.1. The number of benzene rings is 1. The third kappa shape index (κ3) is 7.84. The molecule has 3 rings (SSSR count). The first-order valence-electron chi connectivity index (χ1n) is 11.5. The molecular formula is C24H38FIN6O. The smallest absolute Gasteiger partial charge is 0.213 e. The summed E-state index contributed by atoms with van der Waals surface area (Å²) in [5.74, 6) is 1.92. The van der Waals surface area contributed by atoms with Crippen molar-refractivity contribution in [2.24, 2.45) is 4.99 Å². The molecule has 1 aromatic carbocycles. The fraction of sp³-hybridized carbons (Fsp3) is 0.583. The van der Waals surface area contributed by atoms with E-state index >= 15 is 0 Å². The molecule has 0 amide bonds.